The van der Waals surface area contributed by atoms with E-state index in [1.54, 1.807) is 29.2 Å². The number of likely N-dealkylation sites (tertiary alicyclic amines) is 1. The van der Waals surface area contributed by atoms with Crippen LogP contribution in [0.5, 0.6) is 0 Å². The Morgan fingerprint density at radius 2 is 1.82 bits per heavy atom. The van der Waals surface area contributed by atoms with E-state index in [1.807, 2.05) is 20.8 Å². The summed E-state index contributed by atoms with van der Waals surface area (Å²) in [5.41, 5.74) is 0.674. The van der Waals surface area contributed by atoms with Gasteiger partial charge in [0.05, 0.1) is 0 Å². The van der Waals surface area contributed by atoms with Crippen molar-refractivity contribution in [2.75, 3.05) is 25.0 Å². The highest BCUT2D eigenvalue weighted by Crippen LogP contribution is 2.22. The SMILES string of the molecule is CCCCNC(=O)C1CCN(C(=O)c2cccc(NC(=O)C(C)(C)C)c2)CC1. The van der Waals surface area contributed by atoms with E-state index in [2.05, 4.69) is 17.6 Å². The highest BCUT2D eigenvalue weighted by atomic mass is 16.2. The van der Waals surface area contributed by atoms with Crippen molar-refractivity contribution in [1.82, 2.24) is 10.2 Å². The second-order valence-electron chi connectivity index (χ2n) is 8.50. The number of carbonyl (C=O) groups is 3. The van der Waals surface area contributed by atoms with Crippen LogP contribution in [0.4, 0.5) is 5.69 Å². The topological polar surface area (TPSA) is 78.5 Å². The quantitative estimate of drug-likeness (QED) is 0.734. The van der Waals surface area contributed by atoms with Gasteiger partial charge in [-0.3, -0.25) is 14.4 Å². The molecule has 0 unspecified atom stereocenters. The van der Waals surface area contributed by atoms with Gasteiger partial charge in [0.25, 0.3) is 5.91 Å². The van der Waals surface area contributed by atoms with Crippen molar-refractivity contribution in [3.05, 3.63) is 29.8 Å². The standard InChI is InChI=1S/C22H33N3O3/c1-5-6-12-23-19(26)16-10-13-25(14-11-16)20(27)17-8-7-9-18(15-17)24-21(28)22(2,3)4/h7-9,15-16H,5-6,10-14H2,1-4H3,(H,23,26)(H,24,28). The number of carbonyl (C=O) groups excluding carboxylic acids is 3. The molecule has 6 heteroatoms. The van der Waals surface area contributed by atoms with Crippen molar-refractivity contribution in [2.45, 2.75) is 53.4 Å². The summed E-state index contributed by atoms with van der Waals surface area (Å²) in [6.45, 7) is 9.51. The minimum Gasteiger partial charge on any atom is -0.356 e. The van der Waals surface area contributed by atoms with Crippen molar-refractivity contribution < 1.29 is 14.4 Å². The number of amides is 3. The third-order valence-electron chi connectivity index (χ3n) is 5.03. The molecule has 1 fully saturated rings. The molecule has 0 bridgehead atoms. The van der Waals surface area contributed by atoms with E-state index in [0.29, 0.717) is 37.2 Å². The number of nitrogens with zero attached hydrogens (tertiary/aromatic N) is 1. The van der Waals surface area contributed by atoms with E-state index in [1.165, 1.54) is 0 Å². The first kappa shape index (κ1) is 21.9. The van der Waals surface area contributed by atoms with E-state index in [9.17, 15) is 14.4 Å². The average Bonchev–Trinajstić information content (AvgIpc) is 2.67. The molecule has 1 heterocycles. The number of benzene rings is 1. The number of anilines is 1. The third-order valence-corrected chi connectivity index (χ3v) is 5.03. The minimum atomic E-state index is -0.500. The lowest BCUT2D eigenvalue weighted by Gasteiger charge is -2.31. The lowest BCUT2D eigenvalue weighted by atomic mass is 9.95. The van der Waals surface area contributed by atoms with Gasteiger partial charge in [-0.25, -0.2) is 0 Å². The largest absolute Gasteiger partial charge is 0.356 e. The van der Waals surface area contributed by atoms with E-state index >= 15 is 0 Å². The van der Waals surface area contributed by atoms with Gasteiger partial charge < -0.3 is 15.5 Å². The molecule has 0 aromatic heterocycles. The summed E-state index contributed by atoms with van der Waals surface area (Å²) in [6, 6.07) is 7.04. The van der Waals surface area contributed by atoms with Crippen molar-refractivity contribution in [2.24, 2.45) is 11.3 Å². The predicted molar refractivity (Wildman–Crippen MR) is 111 cm³/mol. The van der Waals surface area contributed by atoms with Crippen LogP contribution in [0.2, 0.25) is 0 Å². The fourth-order valence-corrected chi connectivity index (χ4v) is 3.11. The number of nitrogens with one attached hydrogen (secondary N) is 2. The molecular weight excluding hydrogens is 354 g/mol. The summed E-state index contributed by atoms with van der Waals surface area (Å²) in [6.07, 6.45) is 3.42. The van der Waals surface area contributed by atoms with Crippen LogP contribution in [0.1, 0.15) is 63.7 Å². The van der Waals surface area contributed by atoms with Gasteiger partial charge in [0, 0.05) is 42.2 Å². The third kappa shape index (κ3) is 6.08. The number of unbranched alkanes of at least 4 members (excludes halogenated alkanes) is 1. The summed E-state index contributed by atoms with van der Waals surface area (Å²) < 4.78 is 0. The van der Waals surface area contributed by atoms with Gasteiger partial charge >= 0.3 is 0 Å². The molecular formula is C22H33N3O3. The van der Waals surface area contributed by atoms with E-state index in [0.717, 1.165) is 19.4 Å². The summed E-state index contributed by atoms with van der Waals surface area (Å²) in [5.74, 6) is -0.0607. The maximum Gasteiger partial charge on any atom is 0.253 e. The Morgan fingerprint density at radius 3 is 2.43 bits per heavy atom. The Bertz CT molecular complexity index is 701. The van der Waals surface area contributed by atoms with Gasteiger partial charge in [0.15, 0.2) is 0 Å². The molecule has 1 saturated heterocycles. The van der Waals surface area contributed by atoms with Crippen molar-refractivity contribution in [3.8, 4) is 0 Å². The molecule has 0 radical (unpaired) electrons. The van der Waals surface area contributed by atoms with Crippen LogP contribution < -0.4 is 10.6 Å². The highest BCUT2D eigenvalue weighted by Gasteiger charge is 2.28. The molecule has 2 N–H and O–H groups in total. The summed E-state index contributed by atoms with van der Waals surface area (Å²) in [7, 11) is 0. The van der Waals surface area contributed by atoms with Crippen molar-refractivity contribution in [3.63, 3.8) is 0 Å². The molecule has 0 spiro atoms. The number of hydrogen-bond donors (Lipinski definition) is 2. The smallest absolute Gasteiger partial charge is 0.253 e. The monoisotopic (exact) mass is 387 g/mol. The van der Waals surface area contributed by atoms with Gasteiger partial charge in [-0.15, -0.1) is 0 Å². The Labute approximate surface area is 168 Å². The van der Waals surface area contributed by atoms with Crippen LogP contribution in [-0.4, -0.2) is 42.3 Å². The minimum absolute atomic E-state index is 0.0154. The Morgan fingerprint density at radius 1 is 1.14 bits per heavy atom. The fourth-order valence-electron chi connectivity index (χ4n) is 3.11. The van der Waals surface area contributed by atoms with E-state index in [-0.39, 0.29) is 23.6 Å². The number of piperidine rings is 1. The van der Waals surface area contributed by atoms with Crippen LogP contribution in [0.25, 0.3) is 0 Å². The highest BCUT2D eigenvalue weighted by molar-refractivity contribution is 5.98. The van der Waals surface area contributed by atoms with Crippen LogP contribution in [0, 0.1) is 11.3 Å². The second kappa shape index (κ2) is 9.71. The first-order valence-corrected chi connectivity index (χ1v) is 10.2. The lowest BCUT2D eigenvalue weighted by Crippen LogP contribution is -2.43. The van der Waals surface area contributed by atoms with Gasteiger partial charge in [-0.05, 0) is 37.5 Å². The molecule has 0 saturated carbocycles. The summed E-state index contributed by atoms with van der Waals surface area (Å²) in [4.78, 5) is 39.0. The van der Waals surface area contributed by atoms with Crippen LogP contribution >= 0.6 is 0 Å². The molecule has 1 aliphatic rings. The Balaban J connectivity index is 1.92. The van der Waals surface area contributed by atoms with Gasteiger partial charge in [0.1, 0.15) is 0 Å². The molecule has 0 atom stereocenters. The molecule has 154 valence electrons. The van der Waals surface area contributed by atoms with Crippen molar-refractivity contribution in [1.29, 1.82) is 0 Å². The molecule has 1 aromatic rings. The van der Waals surface area contributed by atoms with E-state index in [4.69, 9.17) is 0 Å². The van der Waals surface area contributed by atoms with Crippen LogP contribution in [-0.2, 0) is 9.59 Å². The second-order valence-corrected chi connectivity index (χ2v) is 8.50. The zero-order chi connectivity index (χ0) is 20.7. The normalized spacial score (nSPS) is 15.2. The molecule has 0 aliphatic carbocycles. The molecule has 3 amide bonds. The van der Waals surface area contributed by atoms with Crippen molar-refractivity contribution >= 4 is 23.4 Å². The molecule has 1 aliphatic heterocycles. The number of rotatable bonds is 6. The summed E-state index contributed by atoms with van der Waals surface area (Å²) >= 11 is 0. The lowest BCUT2D eigenvalue weighted by molar-refractivity contribution is -0.126. The predicted octanol–water partition coefficient (Wildman–Crippen LogP) is 3.44. The Kier molecular flexibility index (Phi) is 7.61. The zero-order valence-electron chi connectivity index (χ0n) is 17.5. The van der Waals surface area contributed by atoms with Gasteiger partial charge in [-0.1, -0.05) is 40.2 Å². The Hall–Kier alpha value is -2.37. The first-order chi connectivity index (χ1) is 13.2. The molecule has 1 aromatic carbocycles. The molecule has 6 nitrogen and oxygen atoms in total. The average molecular weight is 388 g/mol. The first-order valence-electron chi connectivity index (χ1n) is 10.2. The van der Waals surface area contributed by atoms with Crippen LogP contribution in [0.15, 0.2) is 24.3 Å². The maximum atomic E-state index is 12.8. The van der Waals surface area contributed by atoms with E-state index < -0.39 is 5.41 Å². The molecule has 2 rings (SSSR count). The fraction of sp³-hybridized carbons (Fsp3) is 0.591. The van der Waals surface area contributed by atoms with Gasteiger partial charge in [-0.2, -0.15) is 0 Å². The molecule has 28 heavy (non-hydrogen) atoms. The number of hydrogen-bond acceptors (Lipinski definition) is 3. The van der Waals surface area contributed by atoms with Gasteiger partial charge in [0.2, 0.25) is 11.8 Å². The maximum absolute atomic E-state index is 12.8. The van der Waals surface area contributed by atoms with Crippen LogP contribution in [0.3, 0.4) is 0 Å². The zero-order valence-corrected chi connectivity index (χ0v) is 17.5. The summed E-state index contributed by atoms with van der Waals surface area (Å²) in [5, 5.41) is 5.85.